The highest BCUT2D eigenvalue weighted by molar-refractivity contribution is 9.10. The Kier molecular flexibility index (Phi) is 4.13. The number of aryl methyl sites for hydroxylation is 1. The first-order chi connectivity index (χ1) is 9.43. The summed E-state index contributed by atoms with van der Waals surface area (Å²) in [5.41, 5.74) is 2.56. The zero-order valence-corrected chi connectivity index (χ0v) is 13.1. The lowest BCUT2D eigenvalue weighted by Gasteiger charge is -2.08. The largest absolute Gasteiger partial charge is 0.496 e. The predicted octanol–water partition coefficient (Wildman–Crippen LogP) is 2.79. The third kappa shape index (κ3) is 2.70. The van der Waals surface area contributed by atoms with E-state index in [0.29, 0.717) is 10.3 Å². The number of benzene rings is 1. The van der Waals surface area contributed by atoms with Gasteiger partial charge < -0.3 is 14.4 Å². The Morgan fingerprint density at radius 1 is 1.50 bits per heavy atom. The van der Waals surface area contributed by atoms with Gasteiger partial charge in [-0.1, -0.05) is 0 Å². The van der Waals surface area contributed by atoms with Crippen molar-refractivity contribution in [1.29, 1.82) is 0 Å². The van der Waals surface area contributed by atoms with Crippen LogP contribution in [0, 0.1) is 6.92 Å². The van der Waals surface area contributed by atoms with Crippen molar-refractivity contribution in [3.05, 3.63) is 34.1 Å². The average molecular weight is 339 g/mol. The maximum atomic E-state index is 10.9. The smallest absolute Gasteiger partial charge is 0.309 e. The Morgan fingerprint density at radius 3 is 2.75 bits per heavy atom. The monoisotopic (exact) mass is 338 g/mol. The molecule has 1 heterocycles. The van der Waals surface area contributed by atoms with Gasteiger partial charge in [0.25, 0.3) is 0 Å². The summed E-state index contributed by atoms with van der Waals surface area (Å²) in [6, 6.07) is 5.76. The van der Waals surface area contributed by atoms with Gasteiger partial charge in [0, 0.05) is 12.6 Å². The molecule has 0 spiro atoms. The van der Waals surface area contributed by atoms with E-state index < -0.39 is 5.97 Å². The normalized spacial score (nSPS) is 10.6. The Morgan fingerprint density at radius 2 is 2.20 bits per heavy atom. The van der Waals surface area contributed by atoms with E-state index in [-0.39, 0.29) is 6.42 Å². The van der Waals surface area contributed by atoms with Crippen molar-refractivity contribution in [3.63, 3.8) is 0 Å². The van der Waals surface area contributed by atoms with E-state index in [0.717, 1.165) is 22.7 Å². The molecule has 0 aliphatic rings. The van der Waals surface area contributed by atoms with Gasteiger partial charge in [-0.05, 0) is 46.6 Å². The fourth-order valence-corrected chi connectivity index (χ4v) is 2.68. The molecule has 0 radical (unpaired) electrons. The third-order valence-corrected chi connectivity index (χ3v) is 3.77. The van der Waals surface area contributed by atoms with Crippen molar-refractivity contribution in [2.75, 3.05) is 7.11 Å². The van der Waals surface area contributed by atoms with Gasteiger partial charge >= 0.3 is 5.97 Å². The van der Waals surface area contributed by atoms with Gasteiger partial charge in [0.15, 0.2) is 0 Å². The number of hydrogen-bond acceptors (Lipinski definition) is 3. The highest BCUT2D eigenvalue weighted by Crippen LogP contribution is 2.28. The third-order valence-electron chi connectivity index (χ3n) is 3.14. The number of imidazole rings is 1. The number of aliphatic carboxylic acids is 1. The van der Waals surface area contributed by atoms with E-state index in [1.165, 1.54) is 0 Å². The highest BCUT2D eigenvalue weighted by Gasteiger charge is 2.17. The summed E-state index contributed by atoms with van der Waals surface area (Å²) in [7, 11) is 3.44. The minimum Gasteiger partial charge on any atom is -0.496 e. The van der Waals surface area contributed by atoms with Crippen LogP contribution in [0.5, 0.6) is 5.75 Å². The molecule has 0 fully saturated rings. The van der Waals surface area contributed by atoms with Crippen LogP contribution in [-0.4, -0.2) is 27.7 Å². The molecule has 20 heavy (non-hydrogen) atoms. The van der Waals surface area contributed by atoms with E-state index in [2.05, 4.69) is 20.9 Å². The van der Waals surface area contributed by atoms with Crippen LogP contribution in [0.1, 0.15) is 11.3 Å². The van der Waals surface area contributed by atoms with Crippen LogP contribution >= 0.6 is 15.9 Å². The molecule has 2 aromatic rings. The number of rotatable bonds is 4. The second-order valence-corrected chi connectivity index (χ2v) is 5.24. The standard InChI is InChI=1S/C14H15BrN2O3/c1-8-6-9(4-5-11(8)20-3)14-16-13(15)10(17(14)2)7-12(18)19/h4-6H,7H2,1-3H3,(H,18,19). The van der Waals surface area contributed by atoms with Crippen molar-refractivity contribution in [3.8, 4) is 17.1 Å². The van der Waals surface area contributed by atoms with Crippen LogP contribution < -0.4 is 4.74 Å². The fraction of sp³-hybridized carbons (Fsp3) is 0.286. The van der Waals surface area contributed by atoms with Gasteiger partial charge in [-0.15, -0.1) is 0 Å². The molecule has 1 aromatic heterocycles. The van der Waals surface area contributed by atoms with Crippen LogP contribution in [0.25, 0.3) is 11.4 Å². The van der Waals surface area contributed by atoms with Crippen LogP contribution in [0.3, 0.4) is 0 Å². The molecule has 1 aromatic carbocycles. The summed E-state index contributed by atoms with van der Waals surface area (Å²) >= 11 is 3.32. The second kappa shape index (κ2) is 5.66. The van der Waals surface area contributed by atoms with Crippen molar-refractivity contribution in [1.82, 2.24) is 9.55 Å². The second-order valence-electron chi connectivity index (χ2n) is 4.49. The minimum absolute atomic E-state index is 0.0702. The lowest BCUT2D eigenvalue weighted by atomic mass is 10.1. The highest BCUT2D eigenvalue weighted by atomic mass is 79.9. The summed E-state index contributed by atoms with van der Waals surface area (Å²) in [5.74, 6) is 0.651. The molecule has 5 nitrogen and oxygen atoms in total. The first-order valence-corrected chi connectivity index (χ1v) is 6.81. The van der Waals surface area contributed by atoms with E-state index in [4.69, 9.17) is 9.84 Å². The van der Waals surface area contributed by atoms with Gasteiger partial charge in [-0.2, -0.15) is 0 Å². The number of carboxylic acids is 1. The zero-order valence-electron chi connectivity index (χ0n) is 11.5. The van der Waals surface area contributed by atoms with Gasteiger partial charge in [0.05, 0.1) is 19.2 Å². The van der Waals surface area contributed by atoms with Crippen molar-refractivity contribution in [2.24, 2.45) is 7.05 Å². The molecule has 0 aliphatic heterocycles. The molecule has 6 heteroatoms. The Hall–Kier alpha value is -1.82. The number of methoxy groups -OCH3 is 1. The molecule has 0 amide bonds. The van der Waals surface area contributed by atoms with Crippen LogP contribution in [0.15, 0.2) is 22.8 Å². The molecule has 0 unspecified atom stereocenters. The van der Waals surface area contributed by atoms with E-state index in [1.807, 2.05) is 32.2 Å². The van der Waals surface area contributed by atoms with Crippen molar-refractivity contribution in [2.45, 2.75) is 13.3 Å². The SMILES string of the molecule is COc1ccc(-c2nc(Br)c(CC(=O)O)n2C)cc1C. The van der Waals surface area contributed by atoms with Gasteiger partial charge in [-0.25, -0.2) is 4.98 Å². The quantitative estimate of drug-likeness (QED) is 0.930. The van der Waals surface area contributed by atoms with Crippen LogP contribution in [0.4, 0.5) is 0 Å². The van der Waals surface area contributed by atoms with E-state index in [9.17, 15) is 4.79 Å². The number of nitrogens with zero attached hydrogens (tertiary/aromatic N) is 2. The topological polar surface area (TPSA) is 64.3 Å². The van der Waals surface area contributed by atoms with Crippen LogP contribution in [0.2, 0.25) is 0 Å². The average Bonchev–Trinajstić information content (AvgIpc) is 2.66. The van der Waals surface area contributed by atoms with Gasteiger partial charge in [0.2, 0.25) is 0 Å². The summed E-state index contributed by atoms with van der Waals surface area (Å²) in [6.45, 7) is 1.96. The van der Waals surface area contributed by atoms with Crippen LogP contribution in [-0.2, 0) is 18.3 Å². The first kappa shape index (κ1) is 14.6. The molecule has 0 saturated heterocycles. The number of halogens is 1. The van der Waals surface area contributed by atoms with Gasteiger partial charge in [0.1, 0.15) is 16.2 Å². The zero-order chi connectivity index (χ0) is 14.9. The molecule has 2 rings (SSSR count). The summed E-state index contributed by atoms with van der Waals surface area (Å²) < 4.78 is 7.59. The Bertz CT molecular complexity index is 665. The molecule has 0 aliphatic carbocycles. The Labute approximate surface area is 125 Å². The molecule has 0 bridgehead atoms. The maximum absolute atomic E-state index is 10.9. The lowest BCUT2D eigenvalue weighted by molar-refractivity contribution is -0.136. The number of aromatic nitrogens is 2. The predicted molar refractivity (Wildman–Crippen MR) is 79.0 cm³/mol. The molecular formula is C14H15BrN2O3. The number of ether oxygens (including phenoxy) is 1. The Balaban J connectivity index is 2.48. The molecule has 1 N–H and O–H groups in total. The summed E-state index contributed by atoms with van der Waals surface area (Å²) in [4.78, 5) is 15.3. The lowest BCUT2D eigenvalue weighted by Crippen LogP contribution is -2.06. The first-order valence-electron chi connectivity index (χ1n) is 6.02. The summed E-state index contributed by atoms with van der Waals surface area (Å²) in [5, 5.41) is 8.93. The number of hydrogen-bond donors (Lipinski definition) is 1. The maximum Gasteiger partial charge on any atom is 0.309 e. The number of carbonyl (C=O) groups is 1. The molecular weight excluding hydrogens is 324 g/mol. The summed E-state index contributed by atoms with van der Waals surface area (Å²) in [6.07, 6.45) is -0.0702. The van der Waals surface area contributed by atoms with Gasteiger partial charge in [-0.3, -0.25) is 4.79 Å². The minimum atomic E-state index is -0.883. The van der Waals surface area contributed by atoms with Crippen molar-refractivity contribution < 1.29 is 14.6 Å². The number of carboxylic acid groups (broad SMARTS) is 1. The molecule has 0 atom stereocenters. The van der Waals surface area contributed by atoms with E-state index in [1.54, 1.807) is 11.7 Å². The molecule has 106 valence electrons. The molecule has 0 saturated carbocycles. The fourth-order valence-electron chi connectivity index (χ4n) is 2.11. The van der Waals surface area contributed by atoms with Crippen molar-refractivity contribution >= 4 is 21.9 Å². The van der Waals surface area contributed by atoms with E-state index >= 15 is 0 Å².